The van der Waals surface area contributed by atoms with Gasteiger partial charge in [-0.25, -0.2) is 12.8 Å². The highest BCUT2D eigenvalue weighted by atomic mass is 32.2. The summed E-state index contributed by atoms with van der Waals surface area (Å²) in [5.74, 6) is -1.18. The molecule has 0 bridgehead atoms. The summed E-state index contributed by atoms with van der Waals surface area (Å²) in [6, 6.07) is 28.1. The topological polar surface area (TPSA) is 92.3 Å². The minimum absolute atomic E-state index is 0.00631. The fourth-order valence-corrected chi connectivity index (χ4v) is 4.83. The lowest BCUT2D eigenvalue weighted by molar-refractivity contribution is -0.120. The van der Waals surface area contributed by atoms with Crippen LogP contribution in [0, 0.1) is 5.82 Å². The van der Waals surface area contributed by atoms with E-state index in [1.165, 1.54) is 36.4 Å². The van der Waals surface area contributed by atoms with Crippen LogP contribution in [0.5, 0.6) is 0 Å². The maximum absolute atomic E-state index is 13.3. The van der Waals surface area contributed by atoms with Gasteiger partial charge in [-0.3, -0.25) is 14.3 Å². The van der Waals surface area contributed by atoms with E-state index in [1.807, 2.05) is 30.3 Å². The fourth-order valence-electron chi connectivity index (χ4n) is 3.77. The molecule has 0 saturated carbocycles. The SMILES string of the molecule is O=C(N[C@@H](Cc1ccccc1)C(=O)Cc1ccc(S(=O)(=O)Nc2ccccc2)cc1)c1ccc(F)cc1. The number of halogens is 1. The zero-order valence-electron chi connectivity index (χ0n) is 19.8. The molecule has 188 valence electrons. The number of amides is 1. The van der Waals surface area contributed by atoms with Crippen molar-refractivity contribution in [1.29, 1.82) is 0 Å². The summed E-state index contributed by atoms with van der Waals surface area (Å²) < 4.78 is 41.1. The average Bonchev–Trinajstić information content (AvgIpc) is 2.90. The van der Waals surface area contributed by atoms with Crippen LogP contribution in [-0.2, 0) is 27.7 Å². The Kier molecular flexibility index (Phi) is 8.10. The van der Waals surface area contributed by atoms with E-state index in [0.29, 0.717) is 11.3 Å². The number of ketones is 1. The first kappa shape index (κ1) is 25.8. The van der Waals surface area contributed by atoms with E-state index in [-0.39, 0.29) is 29.1 Å². The van der Waals surface area contributed by atoms with Gasteiger partial charge in [0.1, 0.15) is 5.82 Å². The van der Waals surface area contributed by atoms with Gasteiger partial charge in [0.05, 0.1) is 10.9 Å². The van der Waals surface area contributed by atoms with Gasteiger partial charge in [-0.15, -0.1) is 0 Å². The summed E-state index contributed by atoms with van der Waals surface area (Å²) in [5.41, 5.74) is 2.17. The molecule has 0 aliphatic heterocycles. The van der Waals surface area contributed by atoms with Crippen molar-refractivity contribution in [2.45, 2.75) is 23.8 Å². The van der Waals surface area contributed by atoms with Crippen LogP contribution in [0.4, 0.5) is 10.1 Å². The van der Waals surface area contributed by atoms with Crippen molar-refractivity contribution in [3.05, 3.63) is 132 Å². The lowest BCUT2D eigenvalue weighted by Gasteiger charge is -2.18. The van der Waals surface area contributed by atoms with Crippen LogP contribution in [0.15, 0.2) is 114 Å². The minimum Gasteiger partial charge on any atom is -0.342 e. The van der Waals surface area contributed by atoms with E-state index in [9.17, 15) is 22.4 Å². The molecule has 1 atom stereocenters. The molecule has 0 aliphatic carbocycles. The van der Waals surface area contributed by atoms with Crippen molar-refractivity contribution in [2.75, 3.05) is 4.72 Å². The number of Topliss-reactive ketones (excluding diaryl/α,β-unsaturated/α-hetero) is 1. The van der Waals surface area contributed by atoms with Gasteiger partial charge in [0.2, 0.25) is 0 Å². The number of hydrogen-bond acceptors (Lipinski definition) is 4. The lowest BCUT2D eigenvalue weighted by Crippen LogP contribution is -2.43. The second-order valence-corrected chi connectivity index (χ2v) is 10.2. The number of hydrogen-bond donors (Lipinski definition) is 2. The largest absolute Gasteiger partial charge is 0.342 e. The molecule has 6 nitrogen and oxygen atoms in total. The molecular formula is C29H25FN2O4S. The first-order valence-corrected chi connectivity index (χ1v) is 13.1. The number of anilines is 1. The molecule has 37 heavy (non-hydrogen) atoms. The van der Waals surface area contributed by atoms with Crippen LogP contribution in [0.2, 0.25) is 0 Å². The standard InChI is InChI=1S/C29H25FN2O4S/c30-24-15-13-23(14-16-24)29(34)31-27(19-21-7-3-1-4-8-21)28(33)20-22-11-17-26(18-12-22)37(35,36)32-25-9-5-2-6-10-25/h1-18,27,32H,19-20H2,(H,31,34)/t27-/m0/s1. The molecule has 0 saturated heterocycles. The molecule has 0 aliphatic rings. The smallest absolute Gasteiger partial charge is 0.261 e. The van der Waals surface area contributed by atoms with Crippen molar-refractivity contribution >= 4 is 27.4 Å². The Balaban J connectivity index is 1.48. The van der Waals surface area contributed by atoms with E-state index in [2.05, 4.69) is 10.0 Å². The average molecular weight is 517 g/mol. The predicted octanol–water partition coefficient (Wildman–Crippen LogP) is 4.78. The van der Waals surface area contributed by atoms with E-state index >= 15 is 0 Å². The predicted molar refractivity (Wildman–Crippen MR) is 140 cm³/mol. The third-order valence-corrected chi connectivity index (χ3v) is 7.12. The van der Waals surface area contributed by atoms with Crippen molar-refractivity contribution in [1.82, 2.24) is 5.32 Å². The van der Waals surface area contributed by atoms with Crippen LogP contribution < -0.4 is 10.0 Å². The van der Waals surface area contributed by atoms with Crippen LogP contribution in [-0.4, -0.2) is 26.2 Å². The van der Waals surface area contributed by atoms with Crippen LogP contribution in [0.25, 0.3) is 0 Å². The van der Waals surface area contributed by atoms with Crippen molar-refractivity contribution in [3.8, 4) is 0 Å². The van der Waals surface area contributed by atoms with Crippen molar-refractivity contribution in [3.63, 3.8) is 0 Å². The number of sulfonamides is 1. The number of carbonyl (C=O) groups is 2. The monoisotopic (exact) mass is 516 g/mol. The summed E-state index contributed by atoms with van der Waals surface area (Å²) in [6.45, 7) is 0. The third kappa shape index (κ3) is 7.11. The highest BCUT2D eigenvalue weighted by molar-refractivity contribution is 7.92. The Labute approximate surface area is 215 Å². The van der Waals surface area contributed by atoms with Gasteiger partial charge < -0.3 is 5.32 Å². The van der Waals surface area contributed by atoms with Gasteiger partial charge >= 0.3 is 0 Å². The molecule has 1 amide bonds. The van der Waals surface area contributed by atoms with E-state index < -0.39 is 27.8 Å². The van der Waals surface area contributed by atoms with Crippen LogP contribution in [0.3, 0.4) is 0 Å². The number of carbonyl (C=O) groups excluding carboxylic acids is 2. The van der Waals surface area contributed by atoms with Gasteiger partial charge in [-0.1, -0.05) is 60.7 Å². The Morgan fingerprint density at radius 2 is 1.32 bits per heavy atom. The summed E-state index contributed by atoms with van der Waals surface area (Å²) in [7, 11) is -3.78. The Morgan fingerprint density at radius 3 is 1.95 bits per heavy atom. The van der Waals surface area contributed by atoms with Crippen LogP contribution >= 0.6 is 0 Å². The molecule has 4 rings (SSSR count). The normalized spacial score (nSPS) is 11.9. The lowest BCUT2D eigenvalue weighted by atomic mass is 9.97. The van der Waals surface area contributed by atoms with Gasteiger partial charge in [0, 0.05) is 17.7 Å². The minimum atomic E-state index is -3.78. The molecule has 0 heterocycles. The maximum atomic E-state index is 13.3. The van der Waals surface area contributed by atoms with Gasteiger partial charge in [0.15, 0.2) is 5.78 Å². The Bertz CT molecular complexity index is 1460. The Morgan fingerprint density at radius 1 is 0.730 bits per heavy atom. The second kappa shape index (κ2) is 11.6. The maximum Gasteiger partial charge on any atom is 0.261 e. The second-order valence-electron chi connectivity index (χ2n) is 8.48. The molecule has 0 unspecified atom stereocenters. The summed E-state index contributed by atoms with van der Waals surface area (Å²) in [4.78, 5) is 26.1. The zero-order chi connectivity index (χ0) is 26.3. The summed E-state index contributed by atoms with van der Waals surface area (Å²) in [6.07, 6.45) is 0.272. The first-order valence-electron chi connectivity index (χ1n) is 11.6. The van der Waals surface area contributed by atoms with E-state index in [1.54, 1.807) is 42.5 Å². The number of rotatable bonds is 10. The quantitative estimate of drug-likeness (QED) is 0.317. The van der Waals surface area contributed by atoms with Gasteiger partial charge in [-0.2, -0.15) is 0 Å². The third-order valence-electron chi connectivity index (χ3n) is 5.72. The molecule has 0 spiro atoms. The van der Waals surface area contributed by atoms with Gasteiger partial charge in [-0.05, 0) is 66.1 Å². The number of benzene rings is 4. The molecule has 0 radical (unpaired) electrons. The summed E-state index contributed by atoms with van der Waals surface area (Å²) in [5, 5.41) is 2.77. The Hall–Kier alpha value is -4.30. The molecule has 0 aromatic heterocycles. The molecule has 0 fully saturated rings. The number of para-hydroxylation sites is 1. The first-order chi connectivity index (χ1) is 17.8. The highest BCUT2D eigenvalue weighted by Gasteiger charge is 2.23. The fraction of sp³-hybridized carbons (Fsp3) is 0.103. The molecule has 2 N–H and O–H groups in total. The van der Waals surface area contributed by atoms with E-state index in [0.717, 1.165) is 5.56 Å². The van der Waals surface area contributed by atoms with E-state index in [4.69, 9.17) is 0 Å². The molecule has 4 aromatic rings. The molecule has 4 aromatic carbocycles. The van der Waals surface area contributed by atoms with Crippen LogP contribution in [0.1, 0.15) is 21.5 Å². The highest BCUT2D eigenvalue weighted by Crippen LogP contribution is 2.17. The van der Waals surface area contributed by atoms with Crippen molar-refractivity contribution < 1.29 is 22.4 Å². The van der Waals surface area contributed by atoms with Crippen molar-refractivity contribution in [2.24, 2.45) is 0 Å². The number of nitrogens with one attached hydrogen (secondary N) is 2. The zero-order valence-corrected chi connectivity index (χ0v) is 20.6. The molecular weight excluding hydrogens is 491 g/mol. The molecule has 8 heteroatoms. The van der Waals surface area contributed by atoms with Gasteiger partial charge in [0.25, 0.3) is 15.9 Å². The summed E-state index contributed by atoms with van der Waals surface area (Å²) >= 11 is 0.